The first-order chi connectivity index (χ1) is 6.58. The molecule has 0 saturated carbocycles. The summed E-state index contributed by atoms with van der Waals surface area (Å²) < 4.78 is 0. The van der Waals surface area contributed by atoms with Gasteiger partial charge in [0.05, 0.1) is 0 Å². The lowest BCUT2D eigenvalue weighted by molar-refractivity contribution is 0.00597. The molecule has 0 radical (unpaired) electrons. The van der Waals surface area contributed by atoms with Crippen molar-refractivity contribution >= 4 is 0 Å². The van der Waals surface area contributed by atoms with Crippen molar-refractivity contribution in [2.24, 2.45) is 5.41 Å². The maximum Gasteiger partial charge on any atom is 0.0150 e. The Balaban J connectivity index is 1.89. The van der Waals surface area contributed by atoms with Gasteiger partial charge in [0.1, 0.15) is 0 Å². The molecule has 1 spiro atoms. The third kappa shape index (κ3) is 1.70. The zero-order valence-corrected chi connectivity index (χ0v) is 9.90. The average Bonchev–Trinajstić information content (AvgIpc) is 2.16. The van der Waals surface area contributed by atoms with E-state index in [2.05, 4.69) is 31.0 Å². The van der Waals surface area contributed by atoms with Crippen molar-refractivity contribution in [1.29, 1.82) is 0 Å². The molecule has 14 heavy (non-hydrogen) atoms. The van der Waals surface area contributed by atoms with Gasteiger partial charge in [-0.25, -0.2) is 0 Å². The molecule has 0 unspecified atom stereocenters. The van der Waals surface area contributed by atoms with Crippen LogP contribution in [0.1, 0.15) is 40.0 Å². The lowest BCUT2D eigenvalue weighted by atomic mass is 9.72. The minimum absolute atomic E-state index is 0.415. The van der Waals surface area contributed by atoms with Crippen molar-refractivity contribution in [2.45, 2.75) is 45.6 Å². The normalized spacial score (nSPS) is 27.6. The summed E-state index contributed by atoms with van der Waals surface area (Å²) in [6, 6.07) is 0. The molecule has 2 nitrogen and oxygen atoms in total. The topological polar surface area (TPSA) is 15.3 Å². The van der Waals surface area contributed by atoms with Crippen LogP contribution in [0.4, 0.5) is 0 Å². The highest BCUT2D eigenvalue weighted by Gasteiger charge is 2.41. The molecule has 2 heterocycles. The zero-order valence-electron chi connectivity index (χ0n) is 9.90. The number of likely N-dealkylation sites (tertiary alicyclic amines) is 1. The molecule has 2 heteroatoms. The maximum atomic E-state index is 3.42. The molecule has 0 aliphatic carbocycles. The van der Waals surface area contributed by atoms with Crippen LogP contribution in [0.3, 0.4) is 0 Å². The molecule has 0 atom stereocenters. The third-order valence-electron chi connectivity index (χ3n) is 4.55. The predicted molar refractivity (Wildman–Crippen MR) is 60.5 cm³/mol. The highest BCUT2D eigenvalue weighted by molar-refractivity contribution is 4.98. The molecule has 0 amide bonds. The minimum Gasteiger partial charge on any atom is -0.316 e. The Hall–Kier alpha value is -0.0800. The van der Waals surface area contributed by atoms with E-state index < -0.39 is 0 Å². The Kier molecular flexibility index (Phi) is 2.61. The first-order valence-electron chi connectivity index (χ1n) is 6.04. The lowest BCUT2D eigenvalue weighted by Crippen LogP contribution is -2.60. The van der Waals surface area contributed by atoms with E-state index in [0.717, 1.165) is 0 Å². The van der Waals surface area contributed by atoms with Gasteiger partial charge in [0, 0.05) is 18.6 Å². The van der Waals surface area contributed by atoms with E-state index in [1.807, 2.05) is 0 Å². The molecule has 2 saturated heterocycles. The van der Waals surface area contributed by atoms with E-state index in [1.54, 1.807) is 0 Å². The fraction of sp³-hybridized carbons (Fsp3) is 1.00. The van der Waals surface area contributed by atoms with Crippen LogP contribution in [0.15, 0.2) is 0 Å². The molecule has 0 bridgehead atoms. The molecular weight excluding hydrogens is 172 g/mol. The molecule has 0 aromatic heterocycles. The molecule has 82 valence electrons. The van der Waals surface area contributed by atoms with E-state index in [0.29, 0.717) is 11.0 Å². The van der Waals surface area contributed by atoms with E-state index in [4.69, 9.17) is 0 Å². The standard InChI is InChI=1S/C12H24N2/c1-4-11(2,3)14-7-5-12(6-8-14)9-13-10-12/h13H,4-10H2,1-3H3. The summed E-state index contributed by atoms with van der Waals surface area (Å²) in [4.78, 5) is 2.68. The molecule has 2 rings (SSSR count). The summed E-state index contributed by atoms with van der Waals surface area (Å²) in [6.07, 6.45) is 4.07. The third-order valence-corrected chi connectivity index (χ3v) is 4.55. The van der Waals surface area contributed by atoms with Gasteiger partial charge in [0.25, 0.3) is 0 Å². The summed E-state index contributed by atoms with van der Waals surface area (Å²) in [5, 5.41) is 3.42. The van der Waals surface area contributed by atoms with E-state index in [1.165, 1.54) is 45.4 Å². The van der Waals surface area contributed by atoms with Crippen LogP contribution in [-0.4, -0.2) is 36.6 Å². The second-order valence-corrected chi connectivity index (χ2v) is 5.76. The molecule has 2 aliphatic heterocycles. The lowest BCUT2D eigenvalue weighted by Gasteiger charge is -2.51. The van der Waals surface area contributed by atoms with Crippen LogP contribution >= 0.6 is 0 Å². The Morgan fingerprint density at radius 1 is 1.21 bits per heavy atom. The highest BCUT2D eigenvalue weighted by Crippen LogP contribution is 2.37. The van der Waals surface area contributed by atoms with Crippen LogP contribution in [0.5, 0.6) is 0 Å². The van der Waals surface area contributed by atoms with Crippen LogP contribution in [-0.2, 0) is 0 Å². The fourth-order valence-corrected chi connectivity index (χ4v) is 2.64. The Morgan fingerprint density at radius 3 is 2.14 bits per heavy atom. The van der Waals surface area contributed by atoms with Crippen LogP contribution < -0.4 is 5.32 Å². The number of rotatable bonds is 2. The molecule has 0 aromatic rings. The van der Waals surface area contributed by atoms with Gasteiger partial charge in [-0.3, -0.25) is 4.90 Å². The molecule has 2 fully saturated rings. The Bertz CT molecular complexity index is 196. The van der Waals surface area contributed by atoms with Crippen LogP contribution in [0.25, 0.3) is 0 Å². The fourth-order valence-electron chi connectivity index (χ4n) is 2.64. The second kappa shape index (κ2) is 3.49. The van der Waals surface area contributed by atoms with Gasteiger partial charge in [0.2, 0.25) is 0 Å². The summed E-state index contributed by atoms with van der Waals surface area (Å²) in [6.45, 7) is 12.2. The van der Waals surface area contributed by atoms with Crippen LogP contribution in [0, 0.1) is 5.41 Å². The number of hydrogen-bond donors (Lipinski definition) is 1. The molecule has 2 aliphatic rings. The number of piperidine rings is 1. The number of nitrogens with one attached hydrogen (secondary N) is 1. The molecular formula is C12H24N2. The van der Waals surface area contributed by atoms with Crippen molar-refractivity contribution in [2.75, 3.05) is 26.2 Å². The maximum absolute atomic E-state index is 3.42. The van der Waals surface area contributed by atoms with E-state index in [9.17, 15) is 0 Å². The summed E-state index contributed by atoms with van der Waals surface area (Å²) >= 11 is 0. The van der Waals surface area contributed by atoms with Gasteiger partial charge in [0.15, 0.2) is 0 Å². The summed E-state index contributed by atoms with van der Waals surface area (Å²) in [7, 11) is 0. The highest BCUT2D eigenvalue weighted by atomic mass is 15.2. The van der Waals surface area contributed by atoms with Crippen molar-refractivity contribution in [3.05, 3.63) is 0 Å². The van der Waals surface area contributed by atoms with Gasteiger partial charge >= 0.3 is 0 Å². The van der Waals surface area contributed by atoms with Gasteiger partial charge in [-0.2, -0.15) is 0 Å². The average molecular weight is 196 g/mol. The SMILES string of the molecule is CCC(C)(C)N1CCC2(CC1)CNC2. The van der Waals surface area contributed by atoms with Crippen molar-refractivity contribution in [1.82, 2.24) is 10.2 Å². The van der Waals surface area contributed by atoms with Crippen molar-refractivity contribution in [3.63, 3.8) is 0 Å². The monoisotopic (exact) mass is 196 g/mol. The van der Waals surface area contributed by atoms with Gasteiger partial charge < -0.3 is 5.32 Å². The largest absolute Gasteiger partial charge is 0.316 e. The van der Waals surface area contributed by atoms with Crippen molar-refractivity contribution < 1.29 is 0 Å². The van der Waals surface area contributed by atoms with Gasteiger partial charge in [-0.05, 0) is 51.6 Å². The van der Waals surface area contributed by atoms with Gasteiger partial charge in [-0.15, -0.1) is 0 Å². The number of hydrogen-bond acceptors (Lipinski definition) is 2. The zero-order chi connectivity index (χ0) is 10.2. The van der Waals surface area contributed by atoms with Crippen LogP contribution in [0.2, 0.25) is 0 Å². The molecule has 1 N–H and O–H groups in total. The second-order valence-electron chi connectivity index (χ2n) is 5.76. The number of nitrogens with zero attached hydrogens (tertiary/aromatic N) is 1. The van der Waals surface area contributed by atoms with E-state index in [-0.39, 0.29) is 0 Å². The predicted octanol–water partition coefficient (Wildman–Crippen LogP) is 1.86. The molecule has 0 aromatic carbocycles. The minimum atomic E-state index is 0.415. The van der Waals surface area contributed by atoms with Crippen molar-refractivity contribution in [3.8, 4) is 0 Å². The Morgan fingerprint density at radius 2 is 1.79 bits per heavy atom. The summed E-state index contributed by atoms with van der Waals surface area (Å²) in [5.74, 6) is 0. The smallest absolute Gasteiger partial charge is 0.0150 e. The first kappa shape index (κ1) is 10.4. The Labute approximate surface area is 88.1 Å². The summed E-state index contributed by atoms with van der Waals surface area (Å²) in [5.41, 5.74) is 1.11. The van der Waals surface area contributed by atoms with Gasteiger partial charge in [-0.1, -0.05) is 6.92 Å². The van der Waals surface area contributed by atoms with E-state index >= 15 is 0 Å². The quantitative estimate of drug-likeness (QED) is 0.725. The first-order valence-corrected chi connectivity index (χ1v) is 6.04.